The average Bonchev–Trinajstić information content (AvgIpc) is 3.21. The zero-order valence-corrected chi connectivity index (χ0v) is 17.9. The molecule has 8 heteroatoms. The van der Waals surface area contributed by atoms with Crippen molar-refractivity contribution in [2.45, 2.75) is 0 Å². The molecule has 2 aromatic carbocycles. The molecule has 6 nitrogen and oxygen atoms in total. The summed E-state index contributed by atoms with van der Waals surface area (Å²) in [6, 6.07) is 14.9. The van der Waals surface area contributed by atoms with E-state index in [0.717, 1.165) is 36.4 Å². The van der Waals surface area contributed by atoms with Gasteiger partial charge in [0.25, 0.3) is 0 Å². The molecule has 0 aliphatic carbocycles. The van der Waals surface area contributed by atoms with E-state index in [2.05, 4.69) is 50.4 Å². The zero-order chi connectivity index (χ0) is 21.2. The topological polar surface area (TPSA) is 53.5 Å². The van der Waals surface area contributed by atoms with Crippen LogP contribution in [0.1, 0.15) is 0 Å². The fraction of sp³-hybridized carbons (Fsp3) is 0.217. The summed E-state index contributed by atoms with van der Waals surface area (Å²) in [5.74, 6) is 0.256. The van der Waals surface area contributed by atoms with Gasteiger partial charge in [-0.15, -0.1) is 0 Å². The van der Waals surface area contributed by atoms with E-state index in [0.29, 0.717) is 16.6 Å². The first-order valence-corrected chi connectivity index (χ1v) is 10.9. The molecule has 0 amide bonds. The van der Waals surface area contributed by atoms with Crippen LogP contribution < -0.4 is 19.9 Å². The number of halogens is 1. The maximum Gasteiger partial charge on any atom is 0.188 e. The lowest BCUT2D eigenvalue weighted by molar-refractivity contribution is 0.416. The summed E-state index contributed by atoms with van der Waals surface area (Å²) in [4.78, 5) is 13.6. The van der Waals surface area contributed by atoms with Crippen molar-refractivity contribution in [3.63, 3.8) is 0 Å². The Kier molecular flexibility index (Phi) is 5.30. The number of hydrogen-bond donors (Lipinski definition) is 1. The molecule has 0 saturated carbocycles. The third-order valence-electron chi connectivity index (χ3n) is 5.45. The van der Waals surface area contributed by atoms with Crippen LogP contribution in [0.3, 0.4) is 0 Å². The monoisotopic (exact) mass is 435 g/mol. The molecule has 1 saturated heterocycles. The lowest BCUT2D eigenvalue weighted by atomic mass is 10.2. The maximum absolute atomic E-state index is 13.7. The first kappa shape index (κ1) is 19.6. The number of fused-ring (bicyclic) bond motifs is 1. The van der Waals surface area contributed by atoms with Crippen molar-refractivity contribution >= 4 is 43.7 Å². The van der Waals surface area contributed by atoms with Crippen molar-refractivity contribution in [2.75, 3.05) is 48.4 Å². The van der Waals surface area contributed by atoms with E-state index in [1.807, 2.05) is 12.4 Å². The van der Waals surface area contributed by atoms with Crippen molar-refractivity contribution in [2.24, 2.45) is 0 Å². The second kappa shape index (κ2) is 8.39. The molecule has 4 aromatic rings. The number of piperazine rings is 1. The van der Waals surface area contributed by atoms with Gasteiger partial charge in [0, 0.05) is 56.0 Å². The Morgan fingerprint density at radius 2 is 1.68 bits per heavy atom. The predicted octanol–water partition coefficient (Wildman–Crippen LogP) is 4.91. The van der Waals surface area contributed by atoms with E-state index >= 15 is 0 Å². The van der Waals surface area contributed by atoms with Gasteiger partial charge >= 0.3 is 0 Å². The minimum atomic E-state index is -0.322. The summed E-state index contributed by atoms with van der Waals surface area (Å²) in [6.45, 7) is 3.82. The highest BCUT2D eigenvalue weighted by molar-refractivity contribution is 7.22. The van der Waals surface area contributed by atoms with Crippen LogP contribution in [-0.2, 0) is 0 Å². The lowest BCUT2D eigenvalue weighted by Crippen LogP contribution is -2.46. The number of thiazole rings is 1. The molecule has 5 rings (SSSR count). The molecule has 158 valence electrons. The van der Waals surface area contributed by atoms with Gasteiger partial charge < -0.3 is 19.9 Å². The second-order valence-corrected chi connectivity index (χ2v) is 8.35. The van der Waals surface area contributed by atoms with Crippen LogP contribution in [0.5, 0.6) is 5.75 Å². The largest absolute Gasteiger partial charge is 0.495 e. The third kappa shape index (κ3) is 4.11. The minimum Gasteiger partial charge on any atom is -0.495 e. The fourth-order valence-corrected chi connectivity index (χ4v) is 4.70. The van der Waals surface area contributed by atoms with Crippen molar-refractivity contribution in [3.05, 3.63) is 66.7 Å². The number of nitrogens with zero attached hydrogens (tertiary/aromatic N) is 4. The minimum absolute atomic E-state index is 0.322. The van der Waals surface area contributed by atoms with Gasteiger partial charge in [-0.2, -0.15) is 0 Å². The predicted molar refractivity (Wildman–Crippen MR) is 125 cm³/mol. The zero-order valence-electron chi connectivity index (χ0n) is 17.1. The Bertz CT molecular complexity index is 1190. The van der Waals surface area contributed by atoms with Crippen molar-refractivity contribution in [1.29, 1.82) is 0 Å². The Hall–Kier alpha value is -3.39. The summed E-state index contributed by atoms with van der Waals surface area (Å²) in [5.41, 5.74) is 3.88. The first-order valence-electron chi connectivity index (χ1n) is 10.1. The number of rotatable bonds is 5. The summed E-state index contributed by atoms with van der Waals surface area (Å²) >= 11 is 1.54. The quantitative estimate of drug-likeness (QED) is 0.481. The van der Waals surface area contributed by atoms with Gasteiger partial charge in [0.2, 0.25) is 0 Å². The molecule has 0 radical (unpaired) electrons. The molecule has 31 heavy (non-hydrogen) atoms. The smallest absolute Gasteiger partial charge is 0.188 e. The molecule has 1 aliphatic rings. The second-order valence-electron chi connectivity index (χ2n) is 7.32. The van der Waals surface area contributed by atoms with Crippen LogP contribution in [0.2, 0.25) is 0 Å². The summed E-state index contributed by atoms with van der Waals surface area (Å²) in [7, 11) is 1.57. The molecule has 2 aromatic heterocycles. The van der Waals surface area contributed by atoms with E-state index in [-0.39, 0.29) is 5.82 Å². The number of ether oxygens (including phenoxy) is 1. The Morgan fingerprint density at radius 1 is 0.935 bits per heavy atom. The van der Waals surface area contributed by atoms with Crippen LogP contribution >= 0.6 is 11.3 Å². The van der Waals surface area contributed by atoms with Crippen molar-refractivity contribution < 1.29 is 9.13 Å². The van der Waals surface area contributed by atoms with E-state index in [1.54, 1.807) is 13.2 Å². The third-order valence-corrected chi connectivity index (χ3v) is 6.40. The number of methoxy groups -OCH3 is 1. The highest BCUT2D eigenvalue weighted by Gasteiger charge is 2.18. The highest BCUT2D eigenvalue weighted by atomic mass is 32.1. The summed E-state index contributed by atoms with van der Waals surface area (Å²) in [6.07, 6.45) is 3.67. The molecule has 3 heterocycles. The SMILES string of the molecule is COc1ccc(F)cc1Nc1nc2cc(N3CCN(c4ccncc4)CC3)ccc2s1. The summed E-state index contributed by atoms with van der Waals surface area (Å²) in [5, 5.41) is 3.90. The lowest BCUT2D eigenvalue weighted by Gasteiger charge is -2.37. The molecule has 0 atom stereocenters. The molecular formula is C23H22FN5OS. The fourth-order valence-electron chi connectivity index (χ4n) is 3.84. The molecule has 0 unspecified atom stereocenters. The van der Waals surface area contributed by atoms with Crippen molar-refractivity contribution in [1.82, 2.24) is 9.97 Å². The van der Waals surface area contributed by atoms with Gasteiger partial charge in [0.15, 0.2) is 5.13 Å². The van der Waals surface area contributed by atoms with Gasteiger partial charge in [-0.3, -0.25) is 4.98 Å². The number of nitrogens with one attached hydrogen (secondary N) is 1. The highest BCUT2D eigenvalue weighted by Crippen LogP contribution is 2.34. The van der Waals surface area contributed by atoms with Gasteiger partial charge in [0.05, 0.1) is 23.0 Å². The van der Waals surface area contributed by atoms with E-state index in [9.17, 15) is 4.39 Å². The van der Waals surface area contributed by atoms with Crippen LogP contribution in [0, 0.1) is 5.82 Å². The van der Waals surface area contributed by atoms with E-state index in [4.69, 9.17) is 9.72 Å². The number of aromatic nitrogens is 2. The standard InChI is InChI=1S/C23H22FN5OS/c1-30-21-4-2-16(24)14-19(21)26-23-27-20-15-18(3-5-22(20)31-23)29-12-10-28(11-13-29)17-6-8-25-9-7-17/h2-9,14-15H,10-13H2,1H3,(H,26,27). The maximum atomic E-state index is 13.7. The number of anilines is 4. The van der Waals surface area contributed by atoms with Crippen LogP contribution in [0.4, 0.5) is 26.6 Å². The van der Waals surface area contributed by atoms with Gasteiger partial charge in [-0.1, -0.05) is 11.3 Å². The Balaban J connectivity index is 1.32. The van der Waals surface area contributed by atoms with Crippen LogP contribution in [-0.4, -0.2) is 43.3 Å². The number of pyridine rings is 1. The molecule has 0 spiro atoms. The summed E-state index contributed by atoms with van der Waals surface area (Å²) < 4.78 is 20.1. The van der Waals surface area contributed by atoms with E-state index in [1.165, 1.54) is 34.8 Å². The Morgan fingerprint density at radius 3 is 2.42 bits per heavy atom. The normalized spacial score (nSPS) is 14.1. The Labute approximate surface area is 183 Å². The molecule has 1 aliphatic heterocycles. The molecule has 1 fully saturated rings. The van der Waals surface area contributed by atoms with Gasteiger partial charge in [-0.05, 0) is 42.5 Å². The number of benzene rings is 2. The average molecular weight is 436 g/mol. The van der Waals surface area contributed by atoms with Crippen LogP contribution in [0.25, 0.3) is 10.2 Å². The van der Waals surface area contributed by atoms with Crippen molar-refractivity contribution in [3.8, 4) is 5.75 Å². The number of hydrogen-bond acceptors (Lipinski definition) is 7. The first-order chi connectivity index (χ1) is 15.2. The molecule has 0 bridgehead atoms. The molecule has 1 N–H and O–H groups in total. The van der Waals surface area contributed by atoms with Gasteiger partial charge in [-0.25, -0.2) is 9.37 Å². The van der Waals surface area contributed by atoms with E-state index < -0.39 is 0 Å². The molecular weight excluding hydrogens is 413 g/mol. The van der Waals surface area contributed by atoms with Crippen LogP contribution in [0.15, 0.2) is 60.9 Å². The van der Waals surface area contributed by atoms with Gasteiger partial charge in [0.1, 0.15) is 11.6 Å².